The van der Waals surface area contributed by atoms with Gasteiger partial charge in [-0.15, -0.1) is 0 Å². The van der Waals surface area contributed by atoms with Crippen LogP contribution in [-0.2, 0) is 9.59 Å². The Hall–Kier alpha value is -3.37. The van der Waals surface area contributed by atoms with Crippen molar-refractivity contribution in [3.05, 3.63) is 64.7 Å². The van der Waals surface area contributed by atoms with Crippen molar-refractivity contribution >= 4 is 35.1 Å². The first-order chi connectivity index (χ1) is 14.8. The average molecular weight is 437 g/mol. The maximum Gasteiger partial charge on any atom is 0.325 e. The van der Waals surface area contributed by atoms with Crippen molar-refractivity contribution in [3.63, 3.8) is 0 Å². The summed E-state index contributed by atoms with van der Waals surface area (Å²) >= 11 is 6.40. The molecule has 31 heavy (non-hydrogen) atoms. The van der Waals surface area contributed by atoms with E-state index >= 15 is 0 Å². The van der Waals surface area contributed by atoms with Gasteiger partial charge in [0.1, 0.15) is 12.1 Å². The lowest BCUT2D eigenvalue weighted by atomic mass is 9.92. The first kappa shape index (κ1) is 20.9. The van der Waals surface area contributed by atoms with Crippen molar-refractivity contribution in [3.8, 4) is 6.07 Å². The number of imide groups is 1. The molecule has 0 radical (unpaired) electrons. The van der Waals surface area contributed by atoms with E-state index in [-0.39, 0.29) is 18.4 Å². The molecule has 2 fully saturated rings. The number of urea groups is 1. The van der Waals surface area contributed by atoms with Crippen LogP contribution in [-0.4, -0.2) is 34.8 Å². The third kappa shape index (κ3) is 3.99. The molecule has 7 nitrogen and oxygen atoms in total. The number of benzene rings is 2. The van der Waals surface area contributed by atoms with E-state index < -0.39 is 23.4 Å². The quantitative estimate of drug-likeness (QED) is 0.674. The van der Waals surface area contributed by atoms with E-state index in [2.05, 4.69) is 16.7 Å². The second-order valence-corrected chi connectivity index (χ2v) is 8.46. The van der Waals surface area contributed by atoms with E-state index in [1.165, 1.54) is 0 Å². The summed E-state index contributed by atoms with van der Waals surface area (Å²) < 4.78 is 0. The van der Waals surface area contributed by atoms with Gasteiger partial charge in [0.05, 0.1) is 12.0 Å². The van der Waals surface area contributed by atoms with Crippen LogP contribution in [0.25, 0.3) is 0 Å². The van der Waals surface area contributed by atoms with Crippen molar-refractivity contribution < 1.29 is 14.4 Å². The lowest BCUT2D eigenvalue weighted by Gasteiger charge is -2.20. The summed E-state index contributed by atoms with van der Waals surface area (Å²) in [6.07, 6.45) is 1.78. The van der Waals surface area contributed by atoms with Gasteiger partial charge in [-0.05, 0) is 48.9 Å². The maximum atomic E-state index is 12.7. The minimum atomic E-state index is -0.925. The summed E-state index contributed by atoms with van der Waals surface area (Å²) in [6, 6.07) is 15.9. The van der Waals surface area contributed by atoms with E-state index in [1.807, 2.05) is 30.3 Å². The van der Waals surface area contributed by atoms with Crippen LogP contribution in [0.3, 0.4) is 0 Å². The number of nitriles is 1. The van der Waals surface area contributed by atoms with Gasteiger partial charge in [-0.25, -0.2) is 4.79 Å². The van der Waals surface area contributed by atoms with Gasteiger partial charge >= 0.3 is 6.03 Å². The third-order valence-electron chi connectivity index (χ3n) is 5.85. The van der Waals surface area contributed by atoms with E-state index in [1.54, 1.807) is 25.1 Å². The minimum Gasteiger partial charge on any atom is -0.324 e. The van der Waals surface area contributed by atoms with Crippen molar-refractivity contribution in [2.45, 2.75) is 31.2 Å². The van der Waals surface area contributed by atoms with Gasteiger partial charge in [0.2, 0.25) is 5.91 Å². The molecule has 158 valence electrons. The second kappa shape index (κ2) is 8.05. The molecule has 2 unspecified atom stereocenters. The van der Waals surface area contributed by atoms with Gasteiger partial charge in [-0.2, -0.15) is 5.26 Å². The Morgan fingerprint density at radius 2 is 2.00 bits per heavy atom. The molecular weight excluding hydrogens is 416 g/mol. The number of anilines is 1. The molecule has 4 amide bonds. The standard InChI is InChI=1S/C23H21ClN4O3/c1-23(15-7-8-15)21(30)28(22(31)27-23)13-20(29)26-16-9-10-17(19(24)11-16)18(12-25)14-5-3-2-4-6-14/h2-6,9-11,15,18H,7-8,13H2,1H3,(H,26,29)(H,27,31). The number of hydrogen-bond acceptors (Lipinski definition) is 4. The smallest absolute Gasteiger partial charge is 0.324 e. The van der Waals surface area contributed by atoms with Crippen molar-refractivity contribution in [1.82, 2.24) is 10.2 Å². The highest BCUT2D eigenvalue weighted by molar-refractivity contribution is 6.31. The van der Waals surface area contributed by atoms with Gasteiger partial charge in [0.25, 0.3) is 5.91 Å². The van der Waals surface area contributed by atoms with Crippen molar-refractivity contribution in [2.24, 2.45) is 5.92 Å². The zero-order chi connectivity index (χ0) is 22.2. The average Bonchev–Trinajstić information content (AvgIpc) is 3.57. The number of nitrogens with zero attached hydrogens (tertiary/aromatic N) is 2. The summed E-state index contributed by atoms with van der Waals surface area (Å²) in [4.78, 5) is 38.3. The fourth-order valence-electron chi connectivity index (χ4n) is 3.95. The fourth-order valence-corrected chi connectivity index (χ4v) is 4.24. The SMILES string of the molecule is CC1(C2CC2)NC(=O)N(CC(=O)Nc2ccc(C(C#N)c3ccccc3)c(Cl)c2)C1=O. The summed E-state index contributed by atoms with van der Waals surface area (Å²) in [7, 11) is 0. The van der Waals surface area contributed by atoms with Gasteiger partial charge in [0, 0.05) is 10.7 Å². The van der Waals surface area contributed by atoms with Crippen LogP contribution < -0.4 is 10.6 Å². The predicted octanol–water partition coefficient (Wildman–Crippen LogP) is 3.65. The Morgan fingerprint density at radius 3 is 2.61 bits per heavy atom. The molecule has 2 aliphatic rings. The van der Waals surface area contributed by atoms with Crippen LogP contribution in [0, 0.1) is 17.2 Å². The van der Waals surface area contributed by atoms with Crippen molar-refractivity contribution in [1.29, 1.82) is 5.26 Å². The molecule has 2 N–H and O–H groups in total. The highest BCUT2D eigenvalue weighted by Crippen LogP contribution is 2.42. The summed E-state index contributed by atoms with van der Waals surface area (Å²) in [6.45, 7) is 1.33. The summed E-state index contributed by atoms with van der Waals surface area (Å²) in [5.41, 5.74) is 0.940. The highest BCUT2D eigenvalue weighted by Gasteiger charge is 2.56. The molecule has 2 aromatic rings. The molecule has 2 aromatic carbocycles. The molecule has 0 bridgehead atoms. The fraction of sp³-hybridized carbons (Fsp3) is 0.304. The topological polar surface area (TPSA) is 102 Å². The zero-order valence-electron chi connectivity index (χ0n) is 16.9. The number of hydrogen-bond donors (Lipinski definition) is 2. The van der Waals surface area contributed by atoms with Crippen molar-refractivity contribution in [2.75, 3.05) is 11.9 Å². The van der Waals surface area contributed by atoms with Crippen LogP contribution in [0.2, 0.25) is 5.02 Å². The second-order valence-electron chi connectivity index (χ2n) is 8.06. The van der Waals surface area contributed by atoms with E-state index in [4.69, 9.17) is 11.6 Å². The van der Waals surface area contributed by atoms with E-state index in [0.29, 0.717) is 16.3 Å². The summed E-state index contributed by atoms with van der Waals surface area (Å²) in [5.74, 6) is -1.29. The molecule has 1 saturated heterocycles. The molecule has 1 aliphatic carbocycles. The van der Waals surface area contributed by atoms with Crippen LogP contribution in [0.1, 0.15) is 36.8 Å². The van der Waals surface area contributed by atoms with Crippen LogP contribution in [0.15, 0.2) is 48.5 Å². The number of carbonyl (C=O) groups excluding carboxylic acids is 3. The maximum absolute atomic E-state index is 12.7. The van der Waals surface area contributed by atoms with Gasteiger partial charge in [-0.1, -0.05) is 48.0 Å². The normalized spacial score (nSPS) is 21.4. The van der Waals surface area contributed by atoms with Gasteiger partial charge in [0.15, 0.2) is 0 Å². The minimum absolute atomic E-state index is 0.126. The molecule has 0 spiro atoms. The molecule has 2 atom stereocenters. The molecule has 4 rings (SSSR count). The largest absolute Gasteiger partial charge is 0.325 e. The monoisotopic (exact) mass is 436 g/mol. The molecule has 0 aromatic heterocycles. The Morgan fingerprint density at radius 1 is 1.29 bits per heavy atom. The van der Waals surface area contributed by atoms with Gasteiger partial charge < -0.3 is 10.6 Å². The molecular formula is C23H21ClN4O3. The Balaban J connectivity index is 1.45. The zero-order valence-corrected chi connectivity index (χ0v) is 17.6. The summed E-state index contributed by atoms with van der Waals surface area (Å²) in [5, 5.41) is 15.3. The molecule has 1 aliphatic heterocycles. The molecule has 1 saturated carbocycles. The third-order valence-corrected chi connectivity index (χ3v) is 6.18. The number of amides is 4. The highest BCUT2D eigenvalue weighted by atomic mass is 35.5. The number of nitrogens with one attached hydrogen (secondary N) is 2. The van der Waals surface area contributed by atoms with Crippen LogP contribution in [0.4, 0.5) is 10.5 Å². The number of rotatable bonds is 6. The first-order valence-corrected chi connectivity index (χ1v) is 10.4. The lowest BCUT2D eigenvalue weighted by molar-refractivity contribution is -0.134. The Labute approximate surface area is 185 Å². The number of carbonyl (C=O) groups is 3. The Bertz CT molecular complexity index is 1090. The van der Waals surface area contributed by atoms with E-state index in [0.717, 1.165) is 23.3 Å². The Kier molecular flexibility index (Phi) is 5.42. The van der Waals surface area contributed by atoms with Crippen LogP contribution >= 0.6 is 11.6 Å². The van der Waals surface area contributed by atoms with Crippen LogP contribution in [0.5, 0.6) is 0 Å². The molecule has 1 heterocycles. The number of halogens is 1. The first-order valence-electron chi connectivity index (χ1n) is 10.0. The lowest BCUT2D eigenvalue weighted by Crippen LogP contribution is -2.46. The molecule has 8 heteroatoms. The predicted molar refractivity (Wildman–Crippen MR) is 115 cm³/mol. The van der Waals surface area contributed by atoms with Gasteiger partial charge in [-0.3, -0.25) is 14.5 Å². The van der Waals surface area contributed by atoms with E-state index in [9.17, 15) is 19.6 Å².